The van der Waals surface area contributed by atoms with Crippen molar-refractivity contribution in [1.29, 1.82) is 0 Å². The van der Waals surface area contributed by atoms with Crippen molar-refractivity contribution in [2.24, 2.45) is 0 Å². The molecule has 0 aromatic carbocycles. The fourth-order valence-electron chi connectivity index (χ4n) is 2.26. The van der Waals surface area contributed by atoms with E-state index in [1.165, 1.54) is 14.2 Å². The fourth-order valence-corrected chi connectivity index (χ4v) is 2.26. The van der Waals surface area contributed by atoms with E-state index >= 15 is 0 Å². The molecule has 0 radical (unpaired) electrons. The second-order valence-corrected chi connectivity index (χ2v) is 5.70. The van der Waals surface area contributed by atoms with E-state index in [9.17, 15) is 24.0 Å². The van der Waals surface area contributed by atoms with E-state index in [0.29, 0.717) is 25.9 Å². The molecule has 154 valence electrons. The third-order valence-electron chi connectivity index (χ3n) is 3.82. The molecule has 1 rings (SSSR count). The average molecular weight is 397 g/mol. The Kier molecular flexibility index (Phi) is 10.2. The van der Waals surface area contributed by atoms with Crippen LogP contribution in [0.3, 0.4) is 0 Å². The van der Waals surface area contributed by atoms with Crippen LogP contribution in [0.15, 0.2) is 24.3 Å². The lowest BCUT2D eigenvalue weighted by Crippen LogP contribution is -2.47. The summed E-state index contributed by atoms with van der Waals surface area (Å²) in [6.07, 6.45) is 4.40. The first kappa shape index (κ1) is 23.0. The third-order valence-corrected chi connectivity index (χ3v) is 3.82. The number of ether oxygens (including phenoxy) is 4. The number of hydrogen-bond donors (Lipinski definition) is 0. The minimum absolute atomic E-state index is 0.119. The summed E-state index contributed by atoms with van der Waals surface area (Å²) >= 11 is 0. The van der Waals surface area contributed by atoms with Crippen molar-refractivity contribution >= 4 is 29.7 Å². The smallest absolute Gasteiger partial charge is 0.331 e. The van der Waals surface area contributed by atoms with Gasteiger partial charge in [0, 0.05) is 50.2 Å². The normalized spacial score (nSPS) is 15.0. The molecule has 0 saturated carbocycles. The maximum absolute atomic E-state index is 11.7. The molecule has 1 aliphatic heterocycles. The van der Waals surface area contributed by atoms with E-state index in [1.807, 2.05) is 4.90 Å². The Balaban J connectivity index is 2.62. The molecule has 0 unspecified atom stereocenters. The molecule has 10 heteroatoms. The van der Waals surface area contributed by atoms with Gasteiger partial charge in [0.25, 0.3) is 0 Å². The third kappa shape index (κ3) is 9.08. The molecule has 0 aromatic rings. The van der Waals surface area contributed by atoms with Crippen LogP contribution in [0.5, 0.6) is 0 Å². The standard InChI is InChI=1S/C18H23NO9/c1-25-15(21)3-5-17(23)27-11-13(19-9-7-14(20)8-10-19)12-28-18(24)6-4-16(22)26-2/h3-6,13H,7-12H2,1-2H3/b5-3+,6-4+. The molecule has 28 heavy (non-hydrogen) atoms. The van der Waals surface area contributed by atoms with E-state index in [-0.39, 0.29) is 19.0 Å². The highest BCUT2D eigenvalue weighted by molar-refractivity contribution is 5.92. The van der Waals surface area contributed by atoms with Gasteiger partial charge < -0.3 is 18.9 Å². The van der Waals surface area contributed by atoms with Gasteiger partial charge in [-0.15, -0.1) is 0 Å². The average Bonchev–Trinajstić information content (AvgIpc) is 2.70. The summed E-state index contributed by atoms with van der Waals surface area (Å²) in [4.78, 5) is 58.6. The van der Waals surface area contributed by atoms with Gasteiger partial charge >= 0.3 is 23.9 Å². The van der Waals surface area contributed by atoms with E-state index in [2.05, 4.69) is 9.47 Å². The zero-order valence-electron chi connectivity index (χ0n) is 15.8. The predicted molar refractivity (Wildman–Crippen MR) is 93.8 cm³/mol. The van der Waals surface area contributed by atoms with Gasteiger partial charge in [-0.2, -0.15) is 0 Å². The highest BCUT2D eigenvalue weighted by atomic mass is 16.6. The molecule has 0 bridgehead atoms. The number of ketones is 1. The predicted octanol–water partition coefficient (Wildman–Crippen LogP) is -0.435. The second kappa shape index (κ2) is 12.4. The number of carbonyl (C=O) groups is 5. The van der Waals surface area contributed by atoms with Crippen LogP contribution in [0.2, 0.25) is 0 Å². The molecule has 1 aliphatic rings. The Morgan fingerprint density at radius 3 is 1.61 bits per heavy atom. The van der Waals surface area contributed by atoms with Crippen molar-refractivity contribution in [2.45, 2.75) is 18.9 Å². The zero-order chi connectivity index (χ0) is 20.9. The van der Waals surface area contributed by atoms with Crippen molar-refractivity contribution < 1.29 is 42.9 Å². The number of rotatable bonds is 9. The minimum atomic E-state index is -0.764. The van der Waals surface area contributed by atoms with Crippen molar-refractivity contribution in [3.8, 4) is 0 Å². The summed E-state index contributed by atoms with van der Waals surface area (Å²) < 4.78 is 18.9. The van der Waals surface area contributed by atoms with E-state index in [4.69, 9.17) is 9.47 Å². The Hall–Kier alpha value is -3.01. The second-order valence-electron chi connectivity index (χ2n) is 5.70. The van der Waals surface area contributed by atoms with Crippen LogP contribution >= 0.6 is 0 Å². The van der Waals surface area contributed by atoms with Gasteiger partial charge in [0.15, 0.2) is 0 Å². The van der Waals surface area contributed by atoms with Crippen LogP contribution in [0.4, 0.5) is 0 Å². The van der Waals surface area contributed by atoms with E-state index in [0.717, 1.165) is 24.3 Å². The lowest BCUT2D eigenvalue weighted by atomic mass is 10.1. The van der Waals surface area contributed by atoms with Gasteiger partial charge in [0.05, 0.1) is 20.3 Å². The minimum Gasteiger partial charge on any atom is -0.466 e. The first-order valence-electron chi connectivity index (χ1n) is 8.47. The molecule has 1 saturated heterocycles. The van der Waals surface area contributed by atoms with Crippen molar-refractivity contribution in [2.75, 3.05) is 40.5 Å². The number of nitrogens with zero attached hydrogens (tertiary/aromatic N) is 1. The van der Waals surface area contributed by atoms with Gasteiger partial charge in [-0.1, -0.05) is 0 Å². The van der Waals surface area contributed by atoms with Gasteiger partial charge in [0.2, 0.25) is 0 Å². The van der Waals surface area contributed by atoms with Crippen LogP contribution in [0.25, 0.3) is 0 Å². The quantitative estimate of drug-likeness (QED) is 0.287. The molecule has 0 aliphatic carbocycles. The number of carbonyl (C=O) groups excluding carboxylic acids is 5. The van der Waals surface area contributed by atoms with Crippen LogP contribution in [-0.4, -0.2) is 81.1 Å². The lowest BCUT2D eigenvalue weighted by molar-refractivity contribution is -0.146. The summed E-state index contributed by atoms with van der Waals surface area (Å²) in [5.74, 6) is -2.80. The number of piperidine rings is 1. The molecule has 0 spiro atoms. The molecular formula is C18H23NO9. The Morgan fingerprint density at radius 1 is 0.821 bits per heavy atom. The lowest BCUT2D eigenvalue weighted by Gasteiger charge is -2.33. The van der Waals surface area contributed by atoms with Gasteiger partial charge in [0.1, 0.15) is 19.0 Å². The molecule has 1 heterocycles. The summed E-state index contributed by atoms with van der Waals surface area (Å²) in [5.41, 5.74) is 0. The van der Waals surface area contributed by atoms with Crippen molar-refractivity contribution in [1.82, 2.24) is 4.90 Å². The van der Waals surface area contributed by atoms with Gasteiger partial charge in [-0.05, 0) is 0 Å². The molecule has 0 N–H and O–H groups in total. The molecule has 10 nitrogen and oxygen atoms in total. The maximum atomic E-state index is 11.7. The monoisotopic (exact) mass is 397 g/mol. The van der Waals surface area contributed by atoms with Gasteiger partial charge in [-0.3, -0.25) is 9.69 Å². The summed E-state index contributed by atoms with van der Waals surface area (Å²) in [6.45, 7) is 0.641. The SMILES string of the molecule is COC(=O)/C=C/C(=O)OCC(COC(=O)/C=C/C(=O)OC)N1CCC(=O)CC1. The first-order valence-corrected chi connectivity index (χ1v) is 8.47. The first-order chi connectivity index (χ1) is 13.3. The summed E-state index contributed by atoms with van der Waals surface area (Å²) in [6, 6.07) is -0.487. The van der Waals surface area contributed by atoms with E-state index in [1.54, 1.807) is 0 Å². The van der Waals surface area contributed by atoms with Gasteiger partial charge in [-0.25, -0.2) is 19.2 Å². The Morgan fingerprint density at radius 2 is 1.21 bits per heavy atom. The number of esters is 4. The highest BCUT2D eigenvalue weighted by Gasteiger charge is 2.26. The highest BCUT2D eigenvalue weighted by Crippen LogP contribution is 2.11. The van der Waals surface area contributed by atoms with Crippen LogP contribution in [0, 0.1) is 0 Å². The van der Waals surface area contributed by atoms with Crippen molar-refractivity contribution in [3.05, 3.63) is 24.3 Å². The fraction of sp³-hybridized carbons (Fsp3) is 0.500. The maximum Gasteiger partial charge on any atom is 0.331 e. The van der Waals surface area contributed by atoms with Crippen molar-refractivity contribution in [3.63, 3.8) is 0 Å². The summed E-state index contributed by atoms with van der Waals surface area (Å²) in [7, 11) is 2.35. The van der Waals surface area contributed by atoms with Crippen LogP contribution < -0.4 is 0 Å². The molecular weight excluding hydrogens is 374 g/mol. The Bertz CT molecular complexity index is 601. The number of hydrogen-bond acceptors (Lipinski definition) is 10. The molecule has 0 atom stereocenters. The molecule has 1 fully saturated rings. The summed E-state index contributed by atoms with van der Waals surface area (Å²) in [5, 5.41) is 0. The van der Waals surface area contributed by atoms with Crippen LogP contribution in [0.1, 0.15) is 12.8 Å². The number of likely N-dealkylation sites (tertiary alicyclic amines) is 1. The molecule has 0 amide bonds. The topological polar surface area (TPSA) is 126 Å². The number of methoxy groups -OCH3 is 2. The number of Topliss-reactive ketones (excluding diaryl/α,β-unsaturated/α-hetero) is 1. The Labute approximate surface area is 162 Å². The largest absolute Gasteiger partial charge is 0.466 e. The van der Waals surface area contributed by atoms with Crippen LogP contribution in [-0.2, 0) is 42.9 Å². The van der Waals surface area contributed by atoms with E-state index < -0.39 is 29.9 Å². The molecule has 0 aromatic heterocycles. The zero-order valence-corrected chi connectivity index (χ0v) is 15.8.